The van der Waals surface area contributed by atoms with Gasteiger partial charge in [-0.1, -0.05) is 0 Å². The molecule has 3 aromatic rings. The van der Waals surface area contributed by atoms with Gasteiger partial charge < -0.3 is 19.7 Å². The zero-order valence-corrected chi connectivity index (χ0v) is 15.6. The van der Waals surface area contributed by atoms with Crippen LogP contribution in [-0.2, 0) is 4.79 Å². The number of nitrogens with zero attached hydrogens (tertiary/aromatic N) is 6. The minimum absolute atomic E-state index is 0.0227. The average Bonchev–Trinajstić information content (AvgIpc) is 3.46. The van der Waals surface area contributed by atoms with E-state index in [0.717, 1.165) is 37.4 Å². The highest BCUT2D eigenvalue weighted by molar-refractivity contribution is 5.93. The molecule has 29 heavy (non-hydrogen) atoms. The Kier molecular flexibility index (Phi) is 4.43. The van der Waals surface area contributed by atoms with Crippen molar-refractivity contribution < 1.29 is 14.3 Å². The largest absolute Gasteiger partial charge is 0.454 e. The Morgan fingerprint density at radius 3 is 2.69 bits per heavy atom. The van der Waals surface area contributed by atoms with E-state index in [1.165, 1.54) is 12.7 Å². The molecule has 10 nitrogen and oxygen atoms in total. The van der Waals surface area contributed by atoms with Crippen molar-refractivity contribution in [3.63, 3.8) is 0 Å². The number of hydrogen-bond donors (Lipinski definition) is 1. The van der Waals surface area contributed by atoms with Gasteiger partial charge in [0.25, 0.3) is 0 Å². The highest BCUT2D eigenvalue weighted by Gasteiger charge is 2.26. The van der Waals surface area contributed by atoms with Gasteiger partial charge in [0.1, 0.15) is 24.8 Å². The van der Waals surface area contributed by atoms with Crippen LogP contribution in [0.2, 0.25) is 0 Å². The number of nitrogens with one attached hydrogen (secondary N) is 1. The molecule has 0 bridgehead atoms. The molecular weight excluding hydrogens is 374 g/mol. The molecule has 2 aliphatic heterocycles. The van der Waals surface area contributed by atoms with Crippen LogP contribution in [0, 0.1) is 5.92 Å². The number of piperidine rings is 1. The molecule has 2 aliphatic rings. The Balaban J connectivity index is 1.20. The lowest BCUT2D eigenvalue weighted by Crippen LogP contribution is -2.38. The predicted molar refractivity (Wildman–Crippen MR) is 103 cm³/mol. The number of rotatable bonds is 4. The maximum atomic E-state index is 12.7. The van der Waals surface area contributed by atoms with Gasteiger partial charge in [0.15, 0.2) is 17.3 Å². The van der Waals surface area contributed by atoms with E-state index in [9.17, 15) is 4.79 Å². The summed E-state index contributed by atoms with van der Waals surface area (Å²) < 4.78 is 12.3. The molecule has 0 atom stereocenters. The maximum Gasteiger partial charge on any atom is 0.231 e. The Hall–Kier alpha value is -3.69. The second-order valence-corrected chi connectivity index (χ2v) is 6.89. The van der Waals surface area contributed by atoms with Crippen LogP contribution < -0.4 is 19.7 Å². The number of amides is 1. The van der Waals surface area contributed by atoms with Gasteiger partial charge in [-0.05, 0) is 25.0 Å². The monoisotopic (exact) mass is 393 g/mol. The number of ether oxygens (including phenoxy) is 2. The Bertz CT molecular complexity index is 1020. The molecule has 5 rings (SSSR count). The minimum atomic E-state index is -0.0479. The van der Waals surface area contributed by atoms with Crippen LogP contribution in [-0.4, -0.2) is 50.5 Å². The van der Waals surface area contributed by atoms with Gasteiger partial charge in [-0.15, -0.1) is 0 Å². The van der Waals surface area contributed by atoms with Gasteiger partial charge in [-0.25, -0.2) is 19.6 Å². The molecule has 1 N–H and O–H groups in total. The van der Waals surface area contributed by atoms with E-state index in [4.69, 9.17) is 9.47 Å². The standard InChI is InChI=1S/C19H19N7O3/c27-19(24-14-1-2-15-16(7-14)29-12-28-15)13-3-5-25(6-4-13)17-8-18(22-10-21-17)26-11-20-9-23-26/h1-2,7-11,13H,3-6,12H2,(H,24,27). The van der Waals surface area contributed by atoms with Gasteiger partial charge in [0, 0.05) is 36.8 Å². The number of carbonyl (C=O) groups excluding carboxylic acids is 1. The normalized spacial score (nSPS) is 16.1. The molecule has 2 aromatic heterocycles. The molecular formula is C19H19N7O3. The van der Waals surface area contributed by atoms with E-state index in [1.807, 2.05) is 18.2 Å². The third-order valence-corrected chi connectivity index (χ3v) is 5.12. The zero-order valence-electron chi connectivity index (χ0n) is 15.6. The molecule has 0 saturated carbocycles. The molecule has 4 heterocycles. The first-order valence-corrected chi connectivity index (χ1v) is 9.39. The number of fused-ring (bicyclic) bond motifs is 1. The fourth-order valence-electron chi connectivity index (χ4n) is 3.55. The number of aromatic nitrogens is 5. The van der Waals surface area contributed by atoms with Crippen molar-refractivity contribution in [3.05, 3.63) is 43.2 Å². The van der Waals surface area contributed by atoms with Gasteiger partial charge in [0.2, 0.25) is 12.7 Å². The number of carbonyl (C=O) groups is 1. The molecule has 0 spiro atoms. The van der Waals surface area contributed by atoms with Crippen molar-refractivity contribution in [1.29, 1.82) is 0 Å². The highest BCUT2D eigenvalue weighted by atomic mass is 16.7. The fourth-order valence-corrected chi connectivity index (χ4v) is 3.55. The van der Waals surface area contributed by atoms with Crippen LogP contribution in [0.25, 0.3) is 5.82 Å². The second-order valence-electron chi connectivity index (χ2n) is 6.89. The number of anilines is 2. The van der Waals surface area contributed by atoms with Gasteiger partial charge >= 0.3 is 0 Å². The third kappa shape index (κ3) is 3.56. The minimum Gasteiger partial charge on any atom is -0.454 e. The van der Waals surface area contributed by atoms with Crippen LogP contribution in [0.1, 0.15) is 12.8 Å². The van der Waals surface area contributed by atoms with Crippen molar-refractivity contribution in [2.45, 2.75) is 12.8 Å². The van der Waals surface area contributed by atoms with Crippen molar-refractivity contribution in [3.8, 4) is 17.3 Å². The van der Waals surface area contributed by atoms with Crippen LogP contribution >= 0.6 is 0 Å². The van der Waals surface area contributed by atoms with E-state index in [2.05, 4.69) is 30.3 Å². The van der Waals surface area contributed by atoms with Gasteiger partial charge in [0.05, 0.1) is 0 Å². The van der Waals surface area contributed by atoms with E-state index in [1.54, 1.807) is 17.1 Å². The molecule has 0 radical (unpaired) electrons. The summed E-state index contributed by atoms with van der Waals surface area (Å²) in [6, 6.07) is 7.30. The molecule has 10 heteroatoms. The first-order chi connectivity index (χ1) is 14.3. The molecule has 0 unspecified atom stereocenters. The third-order valence-electron chi connectivity index (χ3n) is 5.12. The van der Waals surface area contributed by atoms with Gasteiger partial charge in [-0.2, -0.15) is 5.10 Å². The number of hydrogen-bond acceptors (Lipinski definition) is 8. The Labute approximate surface area is 166 Å². The molecule has 1 saturated heterocycles. The van der Waals surface area contributed by atoms with Gasteiger partial charge in [-0.3, -0.25) is 4.79 Å². The lowest BCUT2D eigenvalue weighted by Gasteiger charge is -2.32. The molecule has 1 amide bonds. The molecule has 1 aromatic carbocycles. The predicted octanol–water partition coefficient (Wildman–Crippen LogP) is 1.64. The first-order valence-electron chi connectivity index (χ1n) is 9.39. The zero-order chi connectivity index (χ0) is 19.6. The summed E-state index contributed by atoms with van der Waals surface area (Å²) in [6.07, 6.45) is 6.08. The summed E-state index contributed by atoms with van der Waals surface area (Å²) in [5, 5.41) is 7.08. The van der Waals surface area contributed by atoms with E-state index < -0.39 is 0 Å². The first kappa shape index (κ1) is 17.4. The summed E-state index contributed by atoms with van der Waals surface area (Å²) >= 11 is 0. The van der Waals surface area contributed by atoms with E-state index >= 15 is 0 Å². The quantitative estimate of drug-likeness (QED) is 0.713. The highest BCUT2D eigenvalue weighted by Crippen LogP contribution is 2.34. The summed E-state index contributed by atoms with van der Waals surface area (Å²) in [5.41, 5.74) is 0.718. The maximum absolute atomic E-state index is 12.7. The average molecular weight is 393 g/mol. The van der Waals surface area contributed by atoms with Crippen molar-refractivity contribution >= 4 is 17.4 Å². The fraction of sp³-hybridized carbons (Fsp3) is 0.316. The van der Waals surface area contributed by atoms with Crippen LogP contribution in [0.4, 0.5) is 11.5 Å². The van der Waals surface area contributed by atoms with Crippen molar-refractivity contribution in [2.24, 2.45) is 5.92 Å². The summed E-state index contributed by atoms with van der Waals surface area (Å²) in [5.74, 6) is 2.81. The van der Waals surface area contributed by atoms with Crippen molar-refractivity contribution in [1.82, 2.24) is 24.7 Å². The smallest absolute Gasteiger partial charge is 0.231 e. The summed E-state index contributed by atoms with van der Waals surface area (Å²) in [4.78, 5) is 27.4. The number of benzene rings is 1. The summed E-state index contributed by atoms with van der Waals surface area (Å²) in [6.45, 7) is 1.70. The van der Waals surface area contributed by atoms with E-state index in [0.29, 0.717) is 17.3 Å². The van der Waals surface area contributed by atoms with Crippen LogP contribution in [0.15, 0.2) is 43.2 Å². The van der Waals surface area contributed by atoms with Crippen LogP contribution in [0.3, 0.4) is 0 Å². The van der Waals surface area contributed by atoms with Crippen molar-refractivity contribution in [2.75, 3.05) is 30.1 Å². The lowest BCUT2D eigenvalue weighted by atomic mass is 9.96. The molecule has 0 aliphatic carbocycles. The molecule has 148 valence electrons. The summed E-state index contributed by atoms with van der Waals surface area (Å²) in [7, 11) is 0. The van der Waals surface area contributed by atoms with Crippen LogP contribution in [0.5, 0.6) is 11.5 Å². The van der Waals surface area contributed by atoms with E-state index in [-0.39, 0.29) is 18.6 Å². The second kappa shape index (κ2) is 7.38. The topological polar surface area (TPSA) is 107 Å². The molecule has 1 fully saturated rings. The Morgan fingerprint density at radius 1 is 1.03 bits per heavy atom. The lowest BCUT2D eigenvalue weighted by molar-refractivity contribution is -0.120. The Morgan fingerprint density at radius 2 is 1.86 bits per heavy atom. The SMILES string of the molecule is O=C(Nc1ccc2c(c1)OCO2)C1CCN(c2cc(-n3cncn3)ncn2)CC1.